The van der Waals surface area contributed by atoms with E-state index >= 15 is 0 Å². The van der Waals surface area contributed by atoms with Crippen molar-refractivity contribution in [2.24, 2.45) is 7.05 Å². The molecule has 0 aliphatic carbocycles. The van der Waals surface area contributed by atoms with Crippen LogP contribution >= 0.6 is 0 Å². The van der Waals surface area contributed by atoms with Crippen molar-refractivity contribution in [2.45, 2.75) is 26.4 Å². The number of nitrogens with zero attached hydrogens (tertiary/aromatic N) is 6. The summed E-state index contributed by atoms with van der Waals surface area (Å²) < 4.78 is 11.0. The summed E-state index contributed by atoms with van der Waals surface area (Å²) in [6, 6.07) is 8.47. The van der Waals surface area contributed by atoms with Gasteiger partial charge in [0.1, 0.15) is 23.4 Å². The number of carbonyl (C=O) groups excluding carboxylic acids is 1. The first-order chi connectivity index (χ1) is 12.8. The molecule has 0 unspecified atom stereocenters. The van der Waals surface area contributed by atoms with E-state index in [-0.39, 0.29) is 0 Å². The molecule has 0 spiro atoms. The highest BCUT2D eigenvalue weighted by atomic mass is 16.6. The molecule has 0 aliphatic rings. The molecule has 1 aromatic carbocycles. The van der Waals surface area contributed by atoms with E-state index in [0.29, 0.717) is 28.8 Å². The van der Waals surface area contributed by atoms with E-state index in [1.54, 1.807) is 58.2 Å². The van der Waals surface area contributed by atoms with Gasteiger partial charge in [0.25, 0.3) is 0 Å². The van der Waals surface area contributed by atoms with Crippen LogP contribution in [0.4, 0.5) is 10.5 Å². The number of rotatable bonds is 4. The number of carbonyl (C=O) groups is 1. The van der Waals surface area contributed by atoms with Gasteiger partial charge in [0, 0.05) is 17.8 Å². The van der Waals surface area contributed by atoms with Crippen molar-refractivity contribution >= 4 is 11.8 Å². The first kappa shape index (κ1) is 18.2. The van der Waals surface area contributed by atoms with Crippen molar-refractivity contribution in [3.05, 3.63) is 36.7 Å². The maximum atomic E-state index is 11.9. The Morgan fingerprint density at radius 2 is 2.00 bits per heavy atom. The Bertz CT molecular complexity index is 949. The van der Waals surface area contributed by atoms with Crippen molar-refractivity contribution in [3.8, 4) is 23.1 Å². The summed E-state index contributed by atoms with van der Waals surface area (Å²) in [4.78, 5) is 21.4. The van der Waals surface area contributed by atoms with Gasteiger partial charge in [0.15, 0.2) is 0 Å². The number of tetrazole rings is 1. The van der Waals surface area contributed by atoms with Crippen LogP contribution in [0, 0.1) is 0 Å². The highest BCUT2D eigenvalue weighted by Crippen LogP contribution is 2.24. The third kappa shape index (κ3) is 5.21. The van der Waals surface area contributed by atoms with Crippen molar-refractivity contribution in [1.82, 2.24) is 30.2 Å². The molecular formula is C17H19N7O3. The lowest BCUT2D eigenvalue weighted by atomic mass is 10.2. The first-order valence-corrected chi connectivity index (χ1v) is 8.13. The van der Waals surface area contributed by atoms with Crippen molar-refractivity contribution < 1.29 is 14.3 Å². The third-order valence-corrected chi connectivity index (χ3v) is 3.08. The molecule has 0 saturated carbocycles. The molecule has 10 nitrogen and oxygen atoms in total. The highest BCUT2D eigenvalue weighted by Gasteiger charge is 2.16. The summed E-state index contributed by atoms with van der Waals surface area (Å²) in [7, 11) is 1.66. The van der Waals surface area contributed by atoms with E-state index in [4.69, 9.17) is 9.47 Å². The van der Waals surface area contributed by atoms with Gasteiger partial charge in [-0.15, -0.1) is 10.2 Å². The summed E-state index contributed by atoms with van der Waals surface area (Å²) in [5.41, 5.74) is 0.437. The van der Waals surface area contributed by atoms with Gasteiger partial charge >= 0.3 is 6.09 Å². The van der Waals surface area contributed by atoms with Crippen LogP contribution in [0.15, 0.2) is 36.7 Å². The lowest BCUT2D eigenvalue weighted by Gasteiger charge is -2.19. The van der Waals surface area contributed by atoms with Crippen molar-refractivity contribution in [1.29, 1.82) is 0 Å². The van der Waals surface area contributed by atoms with Crippen molar-refractivity contribution in [2.75, 3.05) is 5.32 Å². The number of benzene rings is 1. The molecule has 0 atom stereocenters. The molecule has 0 fully saturated rings. The van der Waals surface area contributed by atoms with Gasteiger partial charge in [-0.3, -0.25) is 5.32 Å². The van der Waals surface area contributed by atoms with Crippen LogP contribution in [-0.2, 0) is 11.8 Å². The van der Waals surface area contributed by atoms with E-state index in [0.717, 1.165) is 0 Å². The number of hydrogen-bond donors (Lipinski definition) is 1. The summed E-state index contributed by atoms with van der Waals surface area (Å²) in [5, 5.41) is 14.4. The predicted molar refractivity (Wildman–Crippen MR) is 96.2 cm³/mol. The van der Waals surface area contributed by atoms with Gasteiger partial charge in [-0.1, -0.05) is 6.07 Å². The van der Waals surface area contributed by atoms with Gasteiger partial charge < -0.3 is 9.47 Å². The summed E-state index contributed by atoms with van der Waals surface area (Å²) in [5.74, 6) is 1.16. The average Bonchev–Trinajstić information content (AvgIpc) is 3.00. The van der Waals surface area contributed by atoms with Crippen LogP contribution in [0.5, 0.6) is 11.6 Å². The zero-order valence-electron chi connectivity index (χ0n) is 15.4. The van der Waals surface area contributed by atoms with Gasteiger partial charge in [0.05, 0.1) is 7.05 Å². The minimum absolute atomic E-state index is 0.307. The lowest BCUT2D eigenvalue weighted by molar-refractivity contribution is 0.0636. The molecule has 3 aromatic rings. The number of anilines is 1. The summed E-state index contributed by atoms with van der Waals surface area (Å²) in [6.07, 6.45) is 0.807. The van der Waals surface area contributed by atoms with Crippen molar-refractivity contribution in [3.63, 3.8) is 0 Å². The molecule has 1 N–H and O–H groups in total. The fraction of sp³-hybridized carbons (Fsp3) is 0.294. The maximum Gasteiger partial charge on any atom is 0.412 e. The molecule has 0 bridgehead atoms. The highest BCUT2D eigenvalue weighted by molar-refractivity contribution is 5.85. The quantitative estimate of drug-likeness (QED) is 0.746. The van der Waals surface area contributed by atoms with Gasteiger partial charge in [0.2, 0.25) is 11.7 Å². The van der Waals surface area contributed by atoms with E-state index in [1.807, 2.05) is 0 Å². The van der Waals surface area contributed by atoms with E-state index in [2.05, 4.69) is 30.7 Å². The van der Waals surface area contributed by atoms with Gasteiger partial charge in [-0.05, 0) is 38.1 Å². The largest absolute Gasteiger partial charge is 0.444 e. The van der Waals surface area contributed by atoms with Crippen LogP contribution in [0.2, 0.25) is 0 Å². The van der Waals surface area contributed by atoms with Crippen LogP contribution in [-0.4, -0.2) is 41.9 Å². The minimum atomic E-state index is -0.579. The average molecular weight is 369 g/mol. The third-order valence-electron chi connectivity index (χ3n) is 3.08. The molecule has 27 heavy (non-hydrogen) atoms. The Morgan fingerprint density at radius 1 is 1.19 bits per heavy atom. The number of nitrogens with one attached hydrogen (secondary N) is 1. The Labute approximate surface area is 155 Å². The molecule has 2 aromatic heterocycles. The number of amides is 1. The molecule has 140 valence electrons. The van der Waals surface area contributed by atoms with E-state index in [1.165, 1.54) is 11.1 Å². The first-order valence-electron chi connectivity index (χ1n) is 8.13. The standard InChI is InChI=1S/C17H19N7O3/c1-17(2,3)27-16(25)20-11-6-5-7-12(8-11)26-14-9-13(18-10-19-14)15-21-23-24(4)22-15/h5-10H,1-4H3,(H,20,25). The monoisotopic (exact) mass is 369 g/mol. The zero-order chi connectivity index (χ0) is 19.4. The van der Waals surface area contributed by atoms with Crippen LogP contribution < -0.4 is 10.1 Å². The molecule has 1 amide bonds. The lowest BCUT2D eigenvalue weighted by Crippen LogP contribution is -2.27. The molecule has 0 aliphatic heterocycles. The maximum absolute atomic E-state index is 11.9. The number of ether oxygens (including phenoxy) is 2. The Kier molecular flexibility index (Phi) is 4.97. The number of aromatic nitrogens is 6. The smallest absolute Gasteiger partial charge is 0.412 e. The summed E-state index contributed by atoms with van der Waals surface area (Å²) >= 11 is 0. The number of hydrogen-bond acceptors (Lipinski definition) is 8. The molecule has 0 saturated heterocycles. The van der Waals surface area contributed by atoms with E-state index in [9.17, 15) is 4.79 Å². The Morgan fingerprint density at radius 3 is 2.70 bits per heavy atom. The second kappa shape index (κ2) is 7.36. The fourth-order valence-corrected chi connectivity index (χ4v) is 2.08. The SMILES string of the molecule is Cn1nnc(-c2cc(Oc3cccc(NC(=O)OC(C)(C)C)c3)ncn2)n1. The second-order valence-corrected chi connectivity index (χ2v) is 6.60. The number of aryl methyl sites for hydroxylation is 1. The summed E-state index contributed by atoms with van der Waals surface area (Å²) in [6.45, 7) is 5.39. The topological polar surface area (TPSA) is 117 Å². The zero-order valence-corrected chi connectivity index (χ0v) is 15.4. The van der Waals surface area contributed by atoms with Crippen LogP contribution in [0.1, 0.15) is 20.8 Å². The van der Waals surface area contributed by atoms with Gasteiger partial charge in [-0.2, -0.15) is 4.80 Å². The van der Waals surface area contributed by atoms with Gasteiger partial charge in [-0.25, -0.2) is 14.8 Å². The molecule has 3 rings (SSSR count). The fourth-order valence-electron chi connectivity index (χ4n) is 2.08. The normalized spacial score (nSPS) is 11.1. The molecule has 0 radical (unpaired) electrons. The predicted octanol–water partition coefficient (Wildman–Crippen LogP) is 2.81. The molecular weight excluding hydrogens is 350 g/mol. The Hall–Kier alpha value is -3.56. The molecule has 2 heterocycles. The molecule has 10 heteroatoms. The minimum Gasteiger partial charge on any atom is -0.444 e. The van der Waals surface area contributed by atoms with Crippen LogP contribution in [0.3, 0.4) is 0 Å². The van der Waals surface area contributed by atoms with Crippen LogP contribution in [0.25, 0.3) is 11.5 Å². The van der Waals surface area contributed by atoms with E-state index < -0.39 is 11.7 Å². The Balaban J connectivity index is 1.72. The second-order valence-electron chi connectivity index (χ2n) is 6.60.